The van der Waals surface area contributed by atoms with Gasteiger partial charge in [0, 0.05) is 37.9 Å². The third kappa shape index (κ3) is 2.99. The molecule has 1 saturated carbocycles. The van der Waals surface area contributed by atoms with E-state index in [0.29, 0.717) is 13.1 Å². The molecule has 0 unspecified atom stereocenters. The van der Waals surface area contributed by atoms with E-state index in [-0.39, 0.29) is 17.0 Å². The molecule has 2 heterocycles. The number of aromatic nitrogens is 1. The highest BCUT2D eigenvalue weighted by molar-refractivity contribution is 5.94. The Morgan fingerprint density at radius 2 is 1.67 bits per heavy atom. The molecule has 0 spiro atoms. The van der Waals surface area contributed by atoms with Crippen molar-refractivity contribution >= 4 is 5.91 Å². The minimum atomic E-state index is -0.314. The van der Waals surface area contributed by atoms with E-state index in [0.717, 1.165) is 30.4 Å². The number of hydrogen-bond acceptors (Lipinski definition) is 3. The fourth-order valence-corrected chi connectivity index (χ4v) is 3.33. The second-order valence-corrected chi connectivity index (χ2v) is 6.54. The van der Waals surface area contributed by atoms with E-state index in [1.165, 1.54) is 12.8 Å². The average Bonchev–Trinajstić information content (AvgIpc) is 3.47. The number of nitrogens with zero attached hydrogens (tertiary/aromatic N) is 2. The van der Waals surface area contributed by atoms with Gasteiger partial charge in [-0.05, 0) is 30.5 Å². The maximum Gasteiger partial charge on any atom is 0.261 e. The van der Waals surface area contributed by atoms with Crippen LogP contribution in [-0.4, -0.2) is 52.9 Å². The molecule has 1 aromatic carbocycles. The number of piperazine rings is 1. The smallest absolute Gasteiger partial charge is 0.261 e. The molecule has 4 rings (SSSR count). The van der Waals surface area contributed by atoms with E-state index < -0.39 is 0 Å². The summed E-state index contributed by atoms with van der Waals surface area (Å²) in [5, 5.41) is 0. The Kier molecular flexibility index (Phi) is 3.94. The summed E-state index contributed by atoms with van der Waals surface area (Å²) >= 11 is 0. The van der Waals surface area contributed by atoms with Crippen molar-refractivity contribution in [3.8, 4) is 11.3 Å². The third-order valence-corrected chi connectivity index (χ3v) is 4.89. The first-order valence-corrected chi connectivity index (χ1v) is 8.54. The van der Waals surface area contributed by atoms with Crippen LogP contribution >= 0.6 is 0 Å². The summed E-state index contributed by atoms with van der Waals surface area (Å²) in [6.45, 7) is 3.23. The first-order chi connectivity index (χ1) is 11.7. The number of aromatic amines is 1. The van der Waals surface area contributed by atoms with Crippen molar-refractivity contribution in [1.82, 2.24) is 14.8 Å². The van der Waals surface area contributed by atoms with Crippen molar-refractivity contribution in [2.45, 2.75) is 18.9 Å². The van der Waals surface area contributed by atoms with Crippen LogP contribution in [-0.2, 0) is 0 Å². The summed E-state index contributed by atoms with van der Waals surface area (Å²) in [5.41, 5.74) is 1.59. The van der Waals surface area contributed by atoms with Gasteiger partial charge in [-0.15, -0.1) is 0 Å². The summed E-state index contributed by atoms with van der Waals surface area (Å²) < 4.78 is 0. The lowest BCUT2D eigenvalue weighted by atomic mass is 10.1. The highest BCUT2D eigenvalue weighted by atomic mass is 16.2. The van der Waals surface area contributed by atoms with Gasteiger partial charge in [0.1, 0.15) is 5.56 Å². The van der Waals surface area contributed by atoms with Crippen molar-refractivity contribution in [2.75, 3.05) is 26.2 Å². The van der Waals surface area contributed by atoms with Gasteiger partial charge in [0.2, 0.25) is 0 Å². The molecule has 1 N–H and O–H groups in total. The molecule has 1 aromatic heterocycles. The molecule has 5 heteroatoms. The van der Waals surface area contributed by atoms with Gasteiger partial charge in [-0.1, -0.05) is 30.3 Å². The number of rotatable bonds is 3. The molecule has 0 bridgehead atoms. The van der Waals surface area contributed by atoms with Gasteiger partial charge in [-0.25, -0.2) is 0 Å². The summed E-state index contributed by atoms with van der Waals surface area (Å²) in [5.74, 6) is -0.161. The Bertz CT molecular complexity index is 788. The molecule has 5 nitrogen and oxygen atoms in total. The molecule has 2 aliphatic rings. The minimum absolute atomic E-state index is 0.161. The topological polar surface area (TPSA) is 56.4 Å². The zero-order valence-corrected chi connectivity index (χ0v) is 13.6. The molecular weight excluding hydrogens is 302 g/mol. The van der Waals surface area contributed by atoms with Crippen LogP contribution < -0.4 is 5.56 Å². The number of amides is 1. The fraction of sp³-hybridized carbons (Fsp3) is 0.368. The maximum absolute atomic E-state index is 12.6. The van der Waals surface area contributed by atoms with Crippen LogP contribution in [0.3, 0.4) is 0 Å². The first-order valence-electron chi connectivity index (χ1n) is 8.54. The predicted octanol–water partition coefficient (Wildman–Crippen LogP) is 1.96. The van der Waals surface area contributed by atoms with Crippen molar-refractivity contribution in [3.05, 3.63) is 58.4 Å². The van der Waals surface area contributed by atoms with Gasteiger partial charge in [0.05, 0.1) is 0 Å². The van der Waals surface area contributed by atoms with Crippen LogP contribution in [0, 0.1) is 0 Å². The van der Waals surface area contributed by atoms with Crippen LogP contribution in [0.25, 0.3) is 11.3 Å². The molecule has 2 fully saturated rings. The highest BCUT2D eigenvalue weighted by Gasteiger charge is 2.32. The lowest BCUT2D eigenvalue weighted by Crippen LogP contribution is -2.50. The van der Waals surface area contributed by atoms with Crippen LogP contribution in [0.15, 0.2) is 47.3 Å². The monoisotopic (exact) mass is 323 g/mol. The summed E-state index contributed by atoms with van der Waals surface area (Å²) in [7, 11) is 0. The molecule has 24 heavy (non-hydrogen) atoms. The van der Waals surface area contributed by atoms with Gasteiger partial charge >= 0.3 is 0 Å². The van der Waals surface area contributed by atoms with E-state index in [1.54, 1.807) is 11.0 Å². The number of benzene rings is 1. The van der Waals surface area contributed by atoms with Gasteiger partial charge in [0.15, 0.2) is 0 Å². The molecule has 0 radical (unpaired) electrons. The van der Waals surface area contributed by atoms with E-state index in [4.69, 9.17) is 0 Å². The van der Waals surface area contributed by atoms with Crippen LogP contribution in [0.4, 0.5) is 0 Å². The number of H-pyrrole nitrogens is 1. The van der Waals surface area contributed by atoms with E-state index in [2.05, 4.69) is 9.88 Å². The van der Waals surface area contributed by atoms with Gasteiger partial charge < -0.3 is 9.88 Å². The quantitative estimate of drug-likeness (QED) is 0.939. The standard InChI is InChI=1S/C19H21N3O2/c23-18-16(8-9-17(20-18)14-4-2-1-3-5-14)19(24)22-12-10-21(11-13-22)15-6-7-15/h1-5,8-9,15H,6-7,10-13H2,(H,20,23). The van der Waals surface area contributed by atoms with Gasteiger partial charge in [-0.3, -0.25) is 14.5 Å². The Labute approximate surface area is 140 Å². The fourth-order valence-electron chi connectivity index (χ4n) is 3.33. The molecule has 0 atom stereocenters. The van der Waals surface area contributed by atoms with Crippen molar-refractivity contribution in [1.29, 1.82) is 0 Å². The summed E-state index contributed by atoms with van der Waals surface area (Å²) in [6, 6.07) is 13.8. The van der Waals surface area contributed by atoms with E-state index >= 15 is 0 Å². The molecule has 1 amide bonds. The van der Waals surface area contributed by atoms with Crippen LogP contribution in [0.2, 0.25) is 0 Å². The molecule has 1 aliphatic carbocycles. The molecule has 124 valence electrons. The lowest BCUT2D eigenvalue weighted by Gasteiger charge is -2.34. The largest absolute Gasteiger partial charge is 0.336 e. The minimum Gasteiger partial charge on any atom is -0.336 e. The molecule has 1 aliphatic heterocycles. The van der Waals surface area contributed by atoms with Gasteiger partial charge in [0.25, 0.3) is 11.5 Å². The Morgan fingerprint density at radius 3 is 2.29 bits per heavy atom. The number of hydrogen-bond donors (Lipinski definition) is 1. The SMILES string of the molecule is O=C(c1ccc(-c2ccccc2)[nH]c1=O)N1CCN(C2CC2)CC1. The second kappa shape index (κ2) is 6.24. The van der Waals surface area contributed by atoms with E-state index in [1.807, 2.05) is 36.4 Å². The third-order valence-electron chi connectivity index (χ3n) is 4.89. The van der Waals surface area contributed by atoms with Crippen LogP contribution in [0.5, 0.6) is 0 Å². The summed E-state index contributed by atoms with van der Waals surface area (Å²) in [4.78, 5) is 32.1. The zero-order valence-electron chi connectivity index (χ0n) is 13.6. The zero-order chi connectivity index (χ0) is 16.5. The molecular formula is C19H21N3O2. The van der Waals surface area contributed by atoms with Crippen molar-refractivity contribution < 1.29 is 4.79 Å². The first kappa shape index (κ1) is 15.1. The lowest BCUT2D eigenvalue weighted by molar-refractivity contribution is 0.0625. The predicted molar refractivity (Wildman–Crippen MR) is 93.0 cm³/mol. The normalized spacial score (nSPS) is 18.6. The van der Waals surface area contributed by atoms with Crippen molar-refractivity contribution in [3.63, 3.8) is 0 Å². The number of pyridine rings is 1. The average molecular weight is 323 g/mol. The van der Waals surface area contributed by atoms with E-state index in [9.17, 15) is 9.59 Å². The van der Waals surface area contributed by atoms with Crippen LogP contribution in [0.1, 0.15) is 23.2 Å². The number of carbonyl (C=O) groups is 1. The Balaban J connectivity index is 1.49. The van der Waals surface area contributed by atoms with Crippen molar-refractivity contribution in [2.24, 2.45) is 0 Å². The Hall–Kier alpha value is -2.40. The molecule has 1 saturated heterocycles. The second-order valence-electron chi connectivity index (χ2n) is 6.54. The highest BCUT2D eigenvalue weighted by Crippen LogP contribution is 2.27. The molecule has 2 aromatic rings. The maximum atomic E-state index is 12.6. The Morgan fingerprint density at radius 1 is 0.958 bits per heavy atom. The van der Waals surface area contributed by atoms with Gasteiger partial charge in [-0.2, -0.15) is 0 Å². The number of carbonyl (C=O) groups excluding carboxylic acids is 1. The summed E-state index contributed by atoms with van der Waals surface area (Å²) in [6.07, 6.45) is 2.57. The number of nitrogens with one attached hydrogen (secondary N) is 1.